The molecule has 0 radical (unpaired) electrons. The lowest BCUT2D eigenvalue weighted by molar-refractivity contribution is 0.0639. The number of allylic oxidation sites excluding steroid dienone is 1. The quantitative estimate of drug-likeness (QED) is 0.871. The molecule has 0 saturated carbocycles. The van der Waals surface area contributed by atoms with Crippen molar-refractivity contribution in [3.63, 3.8) is 0 Å². The second kappa shape index (κ2) is 5.42. The van der Waals surface area contributed by atoms with E-state index in [1.54, 1.807) is 0 Å². The molecule has 1 aliphatic rings. The number of hydrogen-bond acceptors (Lipinski definition) is 5. The van der Waals surface area contributed by atoms with E-state index >= 15 is 0 Å². The molecular weight excluding hydrogens is 266 g/mol. The van der Waals surface area contributed by atoms with Crippen molar-refractivity contribution < 1.29 is 9.47 Å². The van der Waals surface area contributed by atoms with Gasteiger partial charge in [-0.3, -0.25) is 10.3 Å². The number of benzene rings is 1. The second-order valence-corrected chi connectivity index (χ2v) is 4.67. The third-order valence-corrected chi connectivity index (χ3v) is 3.13. The smallest absolute Gasteiger partial charge is 0.156 e. The molecule has 1 aromatic carbocycles. The lowest BCUT2D eigenvalue weighted by atomic mass is 10.1. The maximum absolute atomic E-state index is 5.82. The van der Waals surface area contributed by atoms with Crippen molar-refractivity contribution in [3.8, 4) is 0 Å². The van der Waals surface area contributed by atoms with E-state index in [1.807, 2.05) is 30.3 Å². The Morgan fingerprint density at radius 1 is 1.26 bits per heavy atom. The summed E-state index contributed by atoms with van der Waals surface area (Å²) in [4.78, 5) is 5.45. The maximum Gasteiger partial charge on any atom is 0.156 e. The van der Waals surface area contributed by atoms with Gasteiger partial charge in [-0.25, -0.2) is 4.63 Å². The number of nitrogens with one attached hydrogen (secondary N) is 1. The maximum atomic E-state index is 5.82. The van der Waals surface area contributed by atoms with Gasteiger partial charge in [-0.1, -0.05) is 35.0 Å². The van der Waals surface area contributed by atoms with Gasteiger partial charge in [-0.05, 0) is 35.7 Å². The van der Waals surface area contributed by atoms with E-state index in [0.29, 0.717) is 11.6 Å². The van der Waals surface area contributed by atoms with Crippen LogP contribution in [0.25, 0.3) is 5.70 Å². The highest BCUT2D eigenvalue weighted by atomic mass is 35.5. The van der Waals surface area contributed by atoms with Crippen LogP contribution in [0.1, 0.15) is 23.4 Å². The standard InChI is InChI=1S/C13H12ClN3O2/c14-10-6-4-9(5-7-10)8-18-15-11-2-1-3-12-13(11)17-19-16-12/h2,4-7,15H,1,3,8H2. The minimum Gasteiger partial charge on any atom is -0.271 e. The van der Waals surface area contributed by atoms with Gasteiger partial charge in [0.1, 0.15) is 5.69 Å². The third-order valence-electron chi connectivity index (χ3n) is 2.88. The average molecular weight is 278 g/mol. The van der Waals surface area contributed by atoms with E-state index in [4.69, 9.17) is 21.1 Å². The number of halogens is 1. The Balaban J connectivity index is 1.58. The van der Waals surface area contributed by atoms with Crippen LogP contribution in [0.5, 0.6) is 0 Å². The highest BCUT2D eigenvalue weighted by Crippen LogP contribution is 2.21. The molecule has 0 fully saturated rings. The summed E-state index contributed by atoms with van der Waals surface area (Å²) in [6, 6.07) is 7.50. The summed E-state index contributed by atoms with van der Waals surface area (Å²) < 4.78 is 4.72. The molecule has 2 aromatic rings. The SMILES string of the molecule is Clc1ccc(CONC2=CCCc3nonc32)cc1. The molecule has 0 aliphatic heterocycles. The zero-order valence-electron chi connectivity index (χ0n) is 10.1. The number of aryl methyl sites for hydroxylation is 1. The monoisotopic (exact) mass is 277 g/mol. The zero-order chi connectivity index (χ0) is 13.1. The number of rotatable bonds is 4. The van der Waals surface area contributed by atoms with Crippen LogP contribution in [-0.2, 0) is 17.9 Å². The van der Waals surface area contributed by atoms with E-state index in [1.165, 1.54) is 0 Å². The topological polar surface area (TPSA) is 60.2 Å². The Bertz CT molecular complexity index is 592. The minimum atomic E-state index is 0.440. The Kier molecular flexibility index (Phi) is 3.48. The summed E-state index contributed by atoms with van der Waals surface area (Å²) in [7, 11) is 0. The van der Waals surface area contributed by atoms with Crippen LogP contribution >= 0.6 is 11.6 Å². The predicted molar refractivity (Wildman–Crippen MR) is 70.0 cm³/mol. The average Bonchev–Trinajstić information content (AvgIpc) is 2.90. The fraction of sp³-hybridized carbons (Fsp3) is 0.231. The first-order valence-corrected chi connectivity index (χ1v) is 6.35. The molecule has 0 amide bonds. The molecule has 98 valence electrons. The molecule has 1 N–H and O–H groups in total. The summed E-state index contributed by atoms with van der Waals surface area (Å²) in [5, 5.41) is 8.42. The van der Waals surface area contributed by atoms with Gasteiger partial charge in [0.05, 0.1) is 12.3 Å². The molecule has 0 spiro atoms. The highest BCUT2D eigenvalue weighted by molar-refractivity contribution is 6.30. The molecular formula is C13H12ClN3O2. The molecule has 1 aromatic heterocycles. The Hall–Kier alpha value is -1.85. The van der Waals surface area contributed by atoms with Gasteiger partial charge in [0, 0.05) is 5.02 Å². The summed E-state index contributed by atoms with van der Waals surface area (Å²) in [5.74, 6) is 0. The third kappa shape index (κ3) is 2.77. The molecule has 0 unspecified atom stereocenters. The number of hydroxylamine groups is 1. The van der Waals surface area contributed by atoms with Gasteiger partial charge in [-0.15, -0.1) is 0 Å². The molecule has 5 nitrogen and oxygen atoms in total. The molecule has 19 heavy (non-hydrogen) atoms. The van der Waals surface area contributed by atoms with Crippen LogP contribution in [0.3, 0.4) is 0 Å². The van der Waals surface area contributed by atoms with E-state index in [9.17, 15) is 0 Å². The summed E-state index contributed by atoms with van der Waals surface area (Å²) >= 11 is 5.82. The zero-order valence-corrected chi connectivity index (χ0v) is 10.9. The van der Waals surface area contributed by atoms with Crippen molar-refractivity contribution in [2.45, 2.75) is 19.4 Å². The fourth-order valence-corrected chi connectivity index (χ4v) is 2.02. The summed E-state index contributed by atoms with van der Waals surface area (Å²) in [6.45, 7) is 0.440. The van der Waals surface area contributed by atoms with Crippen LogP contribution in [0.2, 0.25) is 5.02 Å². The first-order valence-electron chi connectivity index (χ1n) is 5.97. The van der Waals surface area contributed by atoms with Crippen LogP contribution < -0.4 is 5.48 Å². The lowest BCUT2D eigenvalue weighted by Crippen LogP contribution is -2.16. The Morgan fingerprint density at radius 2 is 2.11 bits per heavy atom. The van der Waals surface area contributed by atoms with E-state index in [0.717, 1.165) is 35.5 Å². The van der Waals surface area contributed by atoms with Crippen molar-refractivity contribution in [2.75, 3.05) is 0 Å². The van der Waals surface area contributed by atoms with Gasteiger partial charge in [0.2, 0.25) is 0 Å². The van der Waals surface area contributed by atoms with Crippen LogP contribution in [0, 0.1) is 0 Å². The van der Waals surface area contributed by atoms with Crippen molar-refractivity contribution in [1.82, 2.24) is 15.8 Å². The Labute approximate surface area is 115 Å². The van der Waals surface area contributed by atoms with E-state index in [2.05, 4.69) is 15.8 Å². The normalized spacial score (nSPS) is 13.8. The lowest BCUT2D eigenvalue weighted by Gasteiger charge is -2.12. The minimum absolute atomic E-state index is 0.440. The van der Waals surface area contributed by atoms with Gasteiger partial charge < -0.3 is 0 Å². The van der Waals surface area contributed by atoms with E-state index < -0.39 is 0 Å². The predicted octanol–water partition coefficient (Wildman–Crippen LogP) is 2.73. The molecule has 1 aliphatic carbocycles. The van der Waals surface area contributed by atoms with Gasteiger partial charge in [-0.2, -0.15) is 0 Å². The number of fused-ring (bicyclic) bond motifs is 1. The van der Waals surface area contributed by atoms with Gasteiger partial charge >= 0.3 is 0 Å². The van der Waals surface area contributed by atoms with Gasteiger partial charge in [0.15, 0.2) is 5.69 Å². The van der Waals surface area contributed by atoms with Gasteiger partial charge in [0.25, 0.3) is 0 Å². The van der Waals surface area contributed by atoms with Crippen molar-refractivity contribution >= 4 is 17.3 Å². The first kappa shape index (κ1) is 12.2. The fourth-order valence-electron chi connectivity index (χ4n) is 1.89. The molecule has 6 heteroatoms. The van der Waals surface area contributed by atoms with Crippen LogP contribution in [0.15, 0.2) is 35.0 Å². The van der Waals surface area contributed by atoms with Crippen LogP contribution in [0.4, 0.5) is 0 Å². The number of aromatic nitrogens is 2. The van der Waals surface area contributed by atoms with E-state index in [-0.39, 0.29) is 0 Å². The molecule has 0 bridgehead atoms. The second-order valence-electron chi connectivity index (χ2n) is 4.23. The molecule has 0 saturated heterocycles. The van der Waals surface area contributed by atoms with Crippen molar-refractivity contribution in [2.24, 2.45) is 0 Å². The largest absolute Gasteiger partial charge is 0.271 e. The van der Waals surface area contributed by atoms with Crippen molar-refractivity contribution in [3.05, 3.63) is 52.3 Å². The molecule has 0 atom stereocenters. The van der Waals surface area contributed by atoms with Crippen LogP contribution in [-0.4, -0.2) is 10.3 Å². The summed E-state index contributed by atoms with van der Waals surface area (Å²) in [5.41, 5.74) is 6.31. The molecule has 1 heterocycles. The van der Waals surface area contributed by atoms with Crippen molar-refractivity contribution in [1.29, 1.82) is 0 Å². The number of hydrogen-bond donors (Lipinski definition) is 1. The first-order chi connectivity index (χ1) is 9.33. The Morgan fingerprint density at radius 3 is 2.95 bits per heavy atom. The molecule has 3 rings (SSSR count). The number of nitrogens with zero attached hydrogens (tertiary/aromatic N) is 2. The summed E-state index contributed by atoms with van der Waals surface area (Å²) in [6.07, 6.45) is 3.77. The highest BCUT2D eigenvalue weighted by Gasteiger charge is 2.18.